The molecule has 0 N–H and O–H groups in total. The fraction of sp³-hybridized carbons (Fsp3) is 1.00. The molecule has 1 saturated heterocycles. The Hall–Kier alpha value is 0.0569. The maximum Gasteiger partial charge on any atom is 0.370 e. The van der Waals surface area contributed by atoms with Gasteiger partial charge in [0.05, 0.1) is 0 Å². The molecule has 0 spiro atoms. The molecule has 1 rings (SSSR count). The molecule has 1 fully saturated rings. The lowest BCUT2D eigenvalue weighted by atomic mass is 10.1. The summed E-state index contributed by atoms with van der Waals surface area (Å²) in [4.78, 5) is 0. The summed E-state index contributed by atoms with van der Waals surface area (Å²) in [6.45, 7) is 5.31. The number of hydrogen-bond donors (Lipinski definition) is 0. The molecule has 0 aromatic heterocycles. The second-order valence-electron chi connectivity index (χ2n) is 6.02. The van der Waals surface area contributed by atoms with Gasteiger partial charge in [0.1, 0.15) is 5.22 Å². The summed E-state index contributed by atoms with van der Waals surface area (Å²) in [7, 11) is 4.96. The highest BCUT2D eigenvalue weighted by Gasteiger charge is 2.58. The molecule has 22 heavy (non-hydrogen) atoms. The van der Waals surface area contributed by atoms with E-state index in [9.17, 15) is 0 Å². The van der Waals surface area contributed by atoms with Crippen molar-refractivity contribution >= 4 is 8.56 Å². The summed E-state index contributed by atoms with van der Waals surface area (Å²) in [6.07, 6.45) is 9.50. The van der Waals surface area contributed by atoms with Crippen LogP contribution in [0.5, 0.6) is 0 Å². The largest absolute Gasteiger partial charge is 0.396 e. The second-order valence-corrected chi connectivity index (χ2v) is 9.75. The average molecular weight is 335 g/mol. The van der Waals surface area contributed by atoms with Gasteiger partial charge in [-0.15, -0.1) is 0 Å². The van der Waals surface area contributed by atoms with Crippen LogP contribution in [0.4, 0.5) is 0 Å². The zero-order valence-electron chi connectivity index (χ0n) is 15.7. The number of unbranched alkanes of at least 4 members (excludes halogenated alkanes) is 2. The standard InChI is InChI=1S/C11H24O3Si.C6H14O/c1-5-8-11(12-2)9-6-7-10-15(11,13-3)14-4;1-3-4-5-6-7-2/h5-10H2,1-4H3;3-6H2,1-2H3. The van der Waals surface area contributed by atoms with Crippen molar-refractivity contribution < 1.29 is 18.3 Å². The highest BCUT2D eigenvalue weighted by molar-refractivity contribution is 6.70. The molecular formula is C17H38O4Si. The van der Waals surface area contributed by atoms with Crippen LogP contribution in [0.25, 0.3) is 0 Å². The summed E-state index contributed by atoms with van der Waals surface area (Å²) in [5.74, 6) is 0. The summed E-state index contributed by atoms with van der Waals surface area (Å²) >= 11 is 0. The SMILES string of the molecule is CCCC1(OC)CCCC[Si]1(OC)OC.CCCCCOC. The number of methoxy groups -OCH3 is 2. The van der Waals surface area contributed by atoms with Crippen LogP contribution in [0.1, 0.15) is 65.2 Å². The van der Waals surface area contributed by atoms with Gasteiger partial charge in [0.2, 0.25) is 0 Å². The Morgan fingerprint density at radius 3 is 2.05 bits per heavy atom. The van der Waals surface area contributed by atoms with Crippen molar-refractivity contribution in [1.29, 1.82) is 0 Å². The molecule has 0 saturated carbocycles. The number of hydrogen-bond acceptors (Lipinski definition) is 4. The van der Waals surface area contributed by atoms with Gasteiger partial charge in [0.15, 0.2) is 0 Å². The molecular weight excluding hydrogens is 296 g/mol. The van der Waals surface area contributed by atoms with Gasteiger partial charge >= 0.3 is 8.56 Å². The predicted octanol–water partition coefficient (Wildman–Crippen LogP) is 4.45. The van der Waals surface area contributed by atoms with E-state index in [1.807, 2.05) is 0 Å². The van der Waals surface area contributed by atoms with Crippen molar-refractivity contribution in [3.63, 3.8) is 0 Å². The van der Waals surface area contributed by atoms with Crippen LogP contribution in [0.2, 0.25) is 6.04 Å². The summed E-state index contributed by atoms with van der Waals surface area (Å²) < 4.78 is 22.2. The smallest absolute Gasteiger partial charge is 0.370 e. The van der Waals surface area contributed by atoms with Gasteiger partial charge < -0.3 is 18.3 Å². The maximum atomic E-state index is 5.83. The zero-order valence-corrected chi connectivity index (χ0v) is 16.7. The molecule has 0 amide bonds. The quantitative estimate of drug-likeness (QED) is 0.461. The second kappa shape index (κ2) is 12.5. The first-order valence-electron chi connectivity index (χ1n) is 8.76. The van der Waals surface area contributed by atoms with Crippen molar-refractivity contribution in [2.24, 2.45) is 0 Å². The Morgan fingerprint density at radius 1 is 0.909 bits per heavy atom. The van der Waals surface area contributed by atoms with Gasteiger partial charge in [-0.25, -0.2) is 0 Å². The van der Waals surface area contributed by atoms with Gasteiger partial charge in [0.25, 0.3) is 0 Å². The molecule has 1 aliphatic heterocycles. The molecule has 1 atom stereocenters. The van der Waals surface area contributed by atoms with Crippen molar-refractivity contribution in [2.75, 3.05) is 35.0 Å². The van der Waals surface area contributed by atoms with E-state index in [-0.39, 0.29) is 5.22 Å². The lowest BCUT2D eigenvalue weighted by Gasteiger charge is -2.47. The first-order valence-corrected chi connectivity index (χ1v) is 10.8. The molecule has 0 aromatic carbocycles. The van der Waals surface area contributed by atoms with Crippen LogP contribution >= 0.6 is 0 Å². The third kappa shape index (κ3) is 5.93. The van der Waals surface area contributed by atoms with E-state index in [0.717, 1.165) is 31.9 Å². The van der Waals surface area contributed by atoms with Gasteiger partial charge in [-0.05, 0) is 25.3 Å². The van der Waals surface area contributed by atoms with Crippen molar-refractivity contribution in [3.8, 4) is 0 Å². The molecule has 5 heteroatoms. The summed E-state index contributed by atoms with van der Waals surface area (Å²) in [5.41, 5.74) is 0. The van der Waals surface area contributed by atoms with Crippen molar-refractivity contribution in [1.82, 2.24) is 0 Å². The monoisotopic (exact) mass is 334 g/mol. The van der Waals surface area contributed by atoms with Gasteiger partial charge in [-0.1, -0.05) is 46.0 Å². The molecule has 134 valence electrons. The molecule has 4 nitrogen and oxygen atoms in total. The molecule has 0 aliphatic carbocycles. The van der Waals surface area contributed by atoms with Crippen LogP contribution < -0.4 is 0 Å². The molecule has 0 bridgehead atoms. The first kappa shape index (κ1) is 22.1. The summed E-state index contributed by atoms with van der Waals surface area (Å²) in [6, 6.07) is 1.06. The highest BCUT2D eigenvalue weighted by atomic mass is 28.4. The fourth-order valence-corrected chi connectivity index (χ4v) is 7.41. The van der Waals surface area contributed by atoms with Crippen molar-refractivity contribution in [3.05, 3.63) is 0 Å². The zero-order chi connectivity index (χ0) is 16.9. The first-order chi connectivity index (χ1) is 10.6. The van der Waals surface area contributed by atoms with Gasteiger partial charge in [-0.2, -0.15) is 0 Å². The molecule has 1 unspecified atom stereocenters. The van der Waals surface area contributed by atoms with Crippen LogP contribution in [0.15, 0.2) is 0 Å². The van der Waals surface area contributed by atoms with Gasteiger partial charge in [-0.3, -0.25) is 0 Å². The molecule has 0 radical (unpaired) electrons. The predicted molar refractivity (Wildman–Crippen MR) is 94.5 cm³/mol. The lowest BCUT2D eigenvalue weighted by Crippen LogP contribution is -2.64. The highest BCUT2D eigenvalue weighted by Crippen LogP contribution is 2.42. The minimum absolute atomic E-state index is 0.122. The van der Waals surface area contributed by atoms with Gasteiger partial charge in [0, 0.05) is 35.0 Å². The van der Waals surface area contributed by atoms with E-state index >= 15 is 0 Å². The number of ether oxygens (including phenoxy) is 2. The van der Waals surface area contributed by atoms with E-state index in [0.29, 0.717) is 0 Å². The van der Waals surface area contributed by atoms with E-state index in [4.69, 9.17) is 18.3 Å². The Balaban J connectivity index is 0.000000534. The minimum Gasteiger partial charge on any atom is -0.396 e. The number of rotatable bonds is 9. The lowest BCUT2D eigenvalue weighted by molar-refractivity contribution is -0.0149. The van der Waals surface area contributed by atoms with E-state index in [2.05, 4.69) is 13.8 Å². The Labute approximate surface area is 139 Å². The fourth-order valence-electron chi connectivity index (χ4n) is 3.42. The third-order valence-corrected chi connectivity index (χ3v) is 9.11. The Bertz CT molecular complexity index is 251. The minimum atomic E-state index is -2.15. The van der Waals surface area contributed by atoms with Crippen LogP contribution in [-0.2, 0) is 18.3 Å². The van der Waals surface area contributed by atoms with E-state index in [1.165, 1.54) is 32.1 Å². The van der Waals surface area contributed by atoms with Crippen LogP contribution in [0, 0.1) is 0 Å². The molecule has 1 aliphatic rings. The van der Waals surface area contributed by atoms with E-state index in [1.54, 1.807) is 28.4 Å². The van der Waals surface area contributed by atoms with Crippen LogP contribution in [0.3, 0.4) is 0 Å². The normalized spacial score (nSPS) is 23.7. The third-order valence-electron chi connectivity index (χ3n) is 4.69. The maximum absolute atomic E-state index is 5.83. The Kier molecular flexibility index (Phi) is 12.5. The molecule has 0 aromatic rings. The van der Waals surface area contributed by atoms with E-state index < -0.39 is 8.56 Å². The Morgan fingerprint density at radius 2 is 1.59 bits per heavy atom. The van der Waals surface area contributed by atoms with Crippen molar-refractivity contribution in [2.45, 2.75) is 76.5 Å². The summed E-state index contributed by atoms with van der Waals surface area (Å²) in [5, 5.41) is -0.122. The topological polar surface area (TPSA) is 36.9 Å². The average Bonchev–Trinajstić information content (AvgIpc) is 2.56. The molecule has 1 heterocycles. The van der Waals surface area contributed by atoms with Crippen LogP contribution in [-0.4, -0.2) is 48.8 Å².